The molecule has 26 heavy (non-hydrogen) atoms. The van der Waals surface area contributed by atoms with Crippen LogP contribution in [0.5, 0.6) is 11.5 Å². The second-order valence-electron chi connectivity index (χ2n) is 6.44. The smallest absolute Gasteiger partial charge is 0.404 e. The van der Waals surface area contributed by atoms with Gasteiger partial charge in [0.2, 0.25) is 0 Å². The van der Waals surface area contributed by atoms with E-state index in [1.54, 1.807) is 14.2 Å². The van der Waals surface area contributed by atoms with Gasteiger partial charge in [-0.15, -0.1) is 0 Å². The maximum Gasteiger partial charge on any atom is 0.404 e. The molecule has 0 radical (unpaired) electrons. The average Bonchev–Trinajstić information content (AvgIpc) is 2.66. The molecular weight excluding hydrogens is 334 g/mol. The summed E-state index contributed by atoms with van der Waals surface area (Å²) in [5.74, 6) is 1.93. The van der Waals surface area contributed by atoms with E-state index in [2.05, 4.69) is 9.88 Å². The number of benzene rings is 1. The molecule has 2 heterocycles. The third-order valence-electron chi connectivity index (χ3n) is 4.95. The van der Waals surface area contributed by atoms with Crippen LogP contribution in [0.4, 0.5) is 10.5 Å². The molecule has 1 amide bonds. The van der Waals surface area contributed by atoms with E-state index in [4.69, 9.17) is 19.9 Å². The van der Waals surface area contributed by atoms with Crippen molar-refractivity contribution in [2.24, 2.45) is 11.7 Å². The Kier molecular flexibility index (Phi) is 5.65. The van der Waals surface area contributed by atoms with E-state index in [1.807, 2.05) is 24.4 Å². The molecule has 140 valence electrons. The number of nitrogens with two attached hydrogens (primary N) is 1. The highest BCUT2D eigenvalue weighted by Gasteiger charge is 2.21. The molecule has 0 atom stereocenters. The minimum Gasteiger partial charge on any atom is -0.493 e. The number of anilines is 1. The van der Waals surface area contributed by atoms with Crippen molar-refractivity contribution in [3.63, 3.8) is 0 Å². The summed E-state index contributed by atoms with van der Waals surface area (Å²) in [5, 5.41) is 1.06. The van der Waals surface area contributed by atoms with Gasteiger partial charge in [-0.25, -0.2) is 4.79 Å². The van der Waals surface area contributed by atoms with Crippen molar-refractivity contribution in [2.45, 2.75) is 19.3 Å². The molecule has 2 aromatic rings. The van der Waals surface area contributed by atoms with Crippen LogP contribution >= 0.6 is 0 Å². The highest BCUT2D eigenvalue weighted by molar-refractivity contribution is 5.94. The lowest BCUT2D eigenvalue weighted by atomic mass is 9.93. The van der Waals surface area contributed by atoms with Gasteiger partial charge in [-0.3, -0.25) is 4.98 Å². The number of aromatic nitrogens is 1. The topological polar surface area (TPSA) is 86.9 Å². The molecule has 1 aliphatic heterocycles. The second kappa shape index (κ2) is 8.12. The van der Waals surface area contributed by atoms with E-state index >= 15 is 0 Å². The lowest BCUT2D eigenvalue weighted by Gasteiger charge is -2.34. The van der Waals surface area contributed by atoms with Crippen molar-refractivity contribution in [3.05, 3.63) is 24.4 Å². The summed E-state index contributed by atoms with van der Waals surface area (Å²) in [6.45, 7) is 2.30. The number of carbonyl (C=O) groups is 1. The molecule has 1 aromatic carbocycles. The maximum atomic E-state index is 10.7. The maximum absolute atomic E-state index is 10.7. The molecule has 0 unspecified atom stereocenters. The summed E-state index contributed by atoms with van der Waals surface area (Å²) >= 11 is 0. The lowest BCUT2D eigenvalue weighted by Crippen LogP contribution is -2.34. The largest absolute Gasteiger partial charge is 0.493 e. The molecule has 1 aliphatic rings. The molecule has 1 aromatic heterocycles. The van der Waals surface area contributed by atoms with Gasteiger partial charge in [0.05, 0.1) is 26.3 Å². The Morgan fingerprint density at radius 2 is 1.92 bits per heavy atom. The van der Waals surface area contributed by atoms with E-state index in [0.717, 1.165) is 48.9 Å². The van der Waals surface area contributed by atoms with Crippen LogP contribution in [0.25, 0.3) is 10.9 Å². The predicted molar refractivity (Wildman–Crippen MR) is 99.9 cm³/mol. The van der Waals surface area contributed by atoms with Crippen molar-refractivity contribution in [2.75, 3.05) is 38.8 Å². The number of fused-ring (bicyclic) bond motifs is 1. The van der Waals surface area contributed by atoms with Gasteiger partial charge in [0.1, 0.15) is 0 Å². The Morgan fingerprint density at radius 3 is 2.58 bits per heavy atom. The third kappa shape index (κ3) is 3.92. The molecule has 7 nitrogen and oxygen atoms in total. The molecule has 0 bridgehead atoms. The van der Waals surface area contributed by atoms with Crippen molar-refractivity contribution < 1.29 is 19.0 Å². The quantitative estimate of drug-likeness (QED) is 0.853. The Labute approximate surface area is 153 Å². The van der Waals surface area contributed by atoms with Gasteiger partial charge < -0.3 is 24.8 Å². The zero-order valence-corrected chi connectivity index (χ0v) is 15.2. The van der Waals surface area contributed by atoms with E-state index in [1.165, 1.54) is 0 Å². The molecule has 0 saturated carbocycles. The van der Waals surface area contributed by atoms with Crippen LogP contribution in [-0.4, -0.2) is 45.0 Å². The predicted octanol–water partition coefficient (Wildman–Crippen LogP) is 2.95. The number of methoxy groups -OCH3 is 2. The minimum absolute atomic E-state index is 0.398. The summed E-state index contributed by atoms with van der Waals surface area (Å²) in [7, 11) is 3.26. The number of amides is 1. The summed E-state index contributed by atoms with van der Waals surface area (Å²) < 4.78 is 15.7. The summed E-state index contributed by atoms with van der Waals surface area (Å²) in [5.41, 5.74) is 7.05. The lowest BCUT2D eigenvalue weighted by molar-refractivity contribution is 0.146. The minimum atomic E-state index is -0.699. The van der Waals surface area contributed by atoms with Gasteiger partial charge in [0, 0.05) is 36.4 Å². The highest BCUT2D eigenvalue weighted by atomic mass is 16.5. The Balaban J connectivity index is 1.74. The summed E-state index contributed by atoms with van der Waals surface area (Å²) in [4.78, 5) is 17.5. The van der Waals surface area contributed by atoms with Crippen LogP contribution in [0, 0.1) is 5.92 Å². The van der Waals surface area contributed by atoms with Crippen LogP contribution in [0.2, 0.25) is 0 Å². The number of piperidine rings is 1. The van der Waals surface area contributed by atoms with Crippen LogP contribution in [0.15, 0.2) is 24.4 Å². The standard InChI is InChI=1S/C19H25N3O4/c1-24-17-11-14-15(12-18(17)25-2)21-7-3-16(14)22-8-4-13(5-9-22)6-10-26-19(20)23/h3,7,11-13H,4-6,8-10H2,1-2H3,(H2,20,23). The van der Waals surface area contributed by atoms with Crippen molar-refractivity contribution >= 4 is 22.7 Å². The fourth-order valence-electron chi connectivity index (χ4n) is 3.52. The fraction of sp³-hybridized carbons (Fsp3) is 0.474. The van der Waals surface area contributed by atoms with E-state index in [0.29, 0.717) is 24.0 Å². The van der Waals surface area contributed by atoms with Crippen LogP contribution in [-0.2, 0) is 4.74 Å². The first-order valence-electron chi connectivity index (χ1n) is 8.80. The molecule has 0 spiro atoms. The van der Waals surface area contributed by atoms with E-state index in [9.17, 15) is 4.79 Å². The summed E-state index contributed by atoms with van der Waals surface area (Å²) in [6, 6.07) is 5.94. The summed E-state index contributed by atoms with van der Waals surface area (Å²) in [6.07, 6.45) is 4.10. The SMILES string of the molecule is COc1cc2nccc(N3CCC(CCOC(N)=O)CC3)c2cc1OC. The number of pyridine rings is 1. The number of nitrogens with zero attached hydrogens (tertiary/aromatic N) is 2. The van der Waals surface area contributed by atoms with Crippen LogP contribution in [0.1, 0.15) is 19.3 Å². The number of hydrogen-bond acceptors (Lipinski definition) is 6. The van der Waals surface area contributed by atoms with Crippen LogP contribution in [0.3, 0.4) is 0 Å². The van der Waals surface area contributed by atoms with E-state index in [-0.39, 0.29) is 0 Å². The Hall–Kier alpha value is -2.70. The number of ether oxygens (including phenoxy) is 3. The molecule has 1 fully saturated rings. The highest BCUT2D eigenvalue weighted by Crippen LogP contribution is 2.36. The number of primary amides is 1. The monoisotopic (exact) mass is 359 g/mol. The van der Waals surface area contributed by atoms with Crippen molar-refractivity contribution in [1.29, 1.82) is 0 Å². The molecule has 1 saturated heterocycles. The number of carbonyl (C=O) groups excluding carboxylic acids is 1. The first-order chi connectivity index (χ1) is 12.6. The first-order valence-corrected chi connectivity index (χ1v) is 8.80. The Morgan fingerprint density at radius 1 is 1.23 bits per heavy atom. The zero-order chi connectivity index (χ0) is 18.5. The van der Waals surface area contributed by atoms with Gasteiger partial charge in [-0.05, 0) is 37.3 Å². The zero-order valence-electron chi connectivity index (χ0n) is 15.2. The number of hydrogen-bond donors (Lipinski definition) is 1. The fourth-order valence-corrected chi connectivity index (χ4v) is 3.52. The van der Waals surface area contributed by atoms with Gasteiger partial charge in [-0.2, -0.15) is 0 Å². The van der Waals surface area contributed by atoms with Crippen molar-refractivity contribution in [1.82, 2.24) is 4.98 Å². The van der Waals surface area contributed by atoms with Gasteiger partial charge >= 0.3 is 6.09 Å². The normalized spacial score (nSPS) is 15.1. The second-order valence-corrected chi connectivity index (χ2v) is 6.44. The third-order valence-corrected chi connectivity index (χ3v) is 4.95. The van der Waals surface area contributed by atoms with E-state index < -0.39 is 6.09 Å². The van der Waals surface area contributed by atoms with Gasteiger partial charge in [-0.1, -0.05) is 0 Å². The molecule has 2 N–H and O–H groups in total. The Bertz CT molecular complexity index is 773. The van der Waals surface area contributed by atoms with Gasteiger partial charge in [0.25, 0.3) is 0 Å². The number of rotatable bonds is 6. The molecular formula is C19H25N3O4. The molecule has 0 aliphatic carbocycles. The van der Waals surface area contributed by atoms with Crippen LogP contribution < -0.4 is 20.1 Å². The first kappa shape index (κ1) is 18.1. The molecule has 3 rings (SSSR count). The van der Waals surface area contributed by atoms with Gasteiger partial charge in [0.15, 0.2) is 11.5 Å². The van der Waals surface area contributed by atoms with Crippen molar-refractivity contribution in [3.8, 4) is 11.5 Å². The molecule has 7 heteroatoms. The average molecular weight is 359 g/mol.